The van der Waals surface area contributed by atoms with Gasteiger partial charge in [0.25, 0.3) is 0 Å². The number of methoxy groups -OCH3 is 2. The summed E-state index contributed by atoms with van der Waals surface area (Å²) in [6.45, 7) is 0. The summed E-state index contributed by atoms with van der Waals surface area (Å²) in [6, 6.07) is 5.00. The highest BCUT2D eigenvalue weighted by Crippen LogP contribution is 2.44. The Hall–Kier alpha value is -2.28. The number of aliphatic carboxylic acids is 1. The number of ether oxygens (including phenoxy) is 3. The van der Waals surface area contributed by atoms with Gasteiger partial charge in [-0.05, 0) is 25.0 Å². The van der Waals surface area contributed by atoms with Crippen LogP contribution in [0.5, 0.6) is 11.5 Å². The number of benzene rings is 1. The Bertz CT molecular complexity index is 631. The van der Waals surface area contributed by atoms with Gasteiger partial charge in [0, 0.05) is 11.8 Å². The van der Waals surface area contributed by atoms with Crippen LogP contribution in [-0.2, 0) is 14.3 Å². The van der Waals surface area contributed by atoms with Crippen molar-refractivity contribution >= 4 is 17.6 Å². The minimum Gasteiger partial charge on any atom is -0.493 e. The number of hydrogen-bond donors (Lipinski definition) is 2. The van der Waals surface area contributed by atoms with Crippen molar-refractivity contribution in [3.05, 3.63) is 18.2 Å². The molecule has 0 spiro atoms. The molecular formula is C16H19NO6. The van der Waals surface area contributed by atoms with Crippen LogP contribution in [0.15, 0.2) is 18.2 Å². The molecule has 7 nitrogen and oxygen atoms in total. The van der Waals surface area contributed by atoms with Gasteiger partial charge in [0.2, 0.25) is 5.91 Å². The maximum absolute atomic E-state index is 12.5. The summed E-state index contributed by atoms with van der Waals surface area (Å²) in [6.07, 6.45) is 0.736. The van der Waals surface area contributed by atoms with E-state index in [1.165, 1.54) is 14.2 Å². The van der Waals surface area contributed by atoms with Crippen molar-refractivity contribution in [3.8, 4) is 11.5 Å². The number of carboxylic acids is 1. The number of anilines is 1. The van der Waals surface area contributed by atoms with E-state index < -0.39 is 17.8 Å². The van der Waals surface area contributed by atoms with Gasteiger partial charge in [0.1, 0.15) is 0 Å². The Labute approximate surface area is 133 Å². The van der Waals surface area contributed by atoms with Gasteiger partial charge >= 0.3 is 5.97 Å². The highest BCUT2D eigenvalue weighted by Gasteiger charge is 2.55. The molecule has 124 valence electrons. The van der Waals surface area contributed by atoms with Crippen molar-refractivity contribution in [2.24, 2.45) is 11.8 Å². The van der Waals surface area contributed by atoms with Crippen LogP contribution in [0.1, 0.15) is 12.8 Å². The molecule has 0 radical (unpaired) electrons. The first-order valence-corrected chi connectivity index (χ1v) is 7.46. The number of carbonyl (C=O) groups is 2. The summed E-state index contributed by atoms with van der Waals surface area (Å²) in [4.78, 5) is 24.0. The zero-order valence-electron chi connectivity index (χ0n) is 12.9. The summed E-state index contributed by atoms with van der Waals surface area (Å²) >= 11 is 0. The lowest BCUT2D eigenvalue weighted by Gasteiger charge is -2.24. The van der Waals surface area contributed by atoms with E-state index in [2.05, 4.69) is 5.32 Å². The maximum Gasteiger partial charge on any atom is 0.310 e. The van der Waals surface area contributed by atoms with Crippen LogP contribution in [0.2, 0.25) is 0 Å². The molecule has 2 saturated heterocycles. The van der Waals surface area contributed by atoms with E-state index in [-0.39, 0.29) is 18.1 Å². The molecule has 2 bridgehead atoms. The third-order valence-electron chi connectivity index (χ3n) is 4.51. The number of carbonyl (C=O) groups excluding carboxylic acids is 1. The Morgan fingerprint density at radius 3 is 2.39 bits per heavy atom. The van der Waals surface area contributed by atoms with Gasteiger partial charge in [0.05, 0.1) is 38.3 Å². The zero-order valence-corrected chi connectivity index (χ0v) is 12.9. The highest BCUT2D eigenvalue weighted by atomic mass is 16.5. The van der Waals surface area contributed by atoms with E-state index in [0.29, 0.717) is 23.6 Å². The molecule has 1 aromatic rings. The van der Waals surface area contributed by atoms with E-state index in [4.69, 9.17) is 14.2 Å². The Morgan fingerprint density at radius 2 is 1.78 bits per heavy atom. The van der Waals surface area contributed by atoms with E-state index in [0.717, 1.165) is 6.42 Å². The average molecular weight is 321 g/mol. The lowest BCUT2D eigenvalue weighted by molar-refractivity contribution is -0.147. The summed E-state index contributed by atoms with van der Waals surface area (Å²) < 4.78 is 16.0. The van der Waals surface area contributed by atoms with Crippen molar-refractivity contribution in [1.82, 2.24) is 0 Å². The second-order valence-electron chi connectivity index (χ2n) is 5.74. The lowest BCUT2D eigenvalue weighted by atomic mass is 9.78. The fourth-order valence-corrected chi connectivity index (χ4v) is 3.46. The molecule has 2 aliphatic rings. The van der Waals surface area contributed by atoms with Gasteiger partial charge < -0.3 is 24.6 Å². The van der Waals surface area contributed by atoms with Crippen LogP contribution in [0, 0.1) is 11.8 Å². The number of hydrogen-bond acceptors (Lipinski definition) is 5. The zero-order chi connectivity index (χ0) is 16.6. The summed E-state index contributed by atoms with van der Waals surface area (Å²) in [5, 5.41) is 12.1. The Balaban J connectivity index is 1.78. The minimum atomic E-state index is -0.982. The lowest BCUT2D eigenvalue weighted by Crippen LogP contribution is -2.40. The molecule has 0 aliphatic carbocycles. The molecule has 0 aromatic heterocycles. The molecule has 0 unspecified atom stereocenters. The second-order valence-corrected chi connectivity index (χ2v) is 5.74. The SMILES string of the molecule is COc1ccc(NC(=O)[C@@H]2[C@@H](C(=O)O)[C@H]3CC[C@@H]2O3)cc1OC. The predicted molar refractivity (Wildman–Crippen MR) is 80.7 cm³/mol. The van der Waals surface area contributed by atoms with Crippen LogP contribution in [0.4, 0.5) is 5.69 Å². The van der Waals surface area contributed by atoms with Gasteiger partial charge in [-0.3, -0.25) is 9.59 Å². The normalized spacial score (nSPS) is 28.4. The first kappa shape index (κ1) is 15.6. The smallest absolute Gasteiger partial charge is 0.310 e. The molecule has 2 heterocycles. The van der Waals surface area contributed by atoms with Crippen LogP contribution in [0.3, 0.4) is 0 Å². The minimum absolute atomic E-state index is 0.318. The van der Waals surface area contributed by atoms with Gasteiger partial charge in [-0.25, -0.2) is 0 Å². The maximum atomic E-state index is 12.5. The first-order chi connectivity index (χ1) is 11.0. The molecule has 2 fully saturated rings. The Morgan fingerprint density at radius 1 is 1.13 bits per heavy atom. The fraction of sp³-hybridized carbons (Fsp3) is 0.500. The molecule has 3 rings (SSSR count). The van der Waals surface area contributed by atoms with Crippen LogP contribution < -0.4 is 14.8 Å². The fourth-order valence-electron chi connectivity index (χ4n) is 3.46. The molecule has 23 heavy (non-hydrogen) atoms. The van der Waals surface area contributed by atoms with Gasteiger partial charge in [0.15, 0.2) is 11.5 Å². The molecule has 2 N–H and O–H groups in total. The standard InChI is InChI=1S/C16H19NO6/c1-21-9-4-3-8(7-12(9)22-2)17-15(18)13-10-5-6-11(23-10)14(13)16(19)20/h3-4,7,10-11,13-14H,5-6H2,1-2H3,(H,17,18)(H,19,20)/t10-,11+,13-,14-/m0/s1. The molecule has 4 atom stereocenters. The summed E-state index contributed by atoms with van der Waals surface area (Å²) in [5.41, 5.74) is 0.527. The molecule has 0 saturated carbocycles. The second kappa shape index (κ2) is 6.08. The predicted octanol–water partition coefficient (Wildman–Crippen LogP) is 1.52. The van der Waals surface area contributed by atoms with Crippen LogP contribution in [0.25, 0.3) is 0 Å². The van der Waals surface area contributed by atoms with E-state index in [1.807, 2.05) is 0 Å². The average Bonchev–Trinajstić information content (AvgIpc) is 3.15. The molecule has 1 amide bonds. The molecule has 2 aliphatic heterocycles. The number of amides is 1. The molecule has 7 heteroatoms. The van der Waals surface area contributed by atoms with E-state index in [9.17, 15) is 14.7 Å². The number of carboxylic acid groups (broad SMARTS) is 1. The third-order valence-corrected chi connectivity index (χ3v) is 4.51. The van der Waals surface area contributed by atoms with Crippen LogP contribution >= 0.6 is 0 Å². The quantitative estimate of drug-likeness (QED) is 0.854. The number of rotatable bonds is 5. The van der Waals surface area contributed by atoms with Crippen molar-refractivity contribution in [2.45, 2.75) is 25.0 Å². The highest BCUT2D eigenvalue weighted by molar-refractivity contribution is 5.96. The summed E-state index contributed by atoms with van der Waals surface area (Å²) in [5.74, 6) is -1.73. The van der Waals surface area contributed by atoms with Crippen LogP contribution in [-0.4, -0.2) is 43.4 Å². The number of nitrogens with one attached hydrogen (secondary N) is 1. The van der Waals surface area contributed by atoms with Crippen molar-refractivity contribution < 1.29 is 28.9 Å². The van der Waals surface area contributed by atoms with Gasteiger partial charge in [-0.2, -0.15) is 0 Å². The largest absolute Gasteiger partial charge is 0.493 e. The molecular weight excluding hydrogens is 302 g/mol. The van der Waals surface area contributed by atoms with Gasteiger partial charge in [-0.1, -0.05) is 0 Å². The Kier molecular flexibility index (Phi) is 4.12. The van der Waals surface area contributed by atoms with Gasteiger partial charge in [-0.15, -0.1) is 0 Å². The monoisotopic (exact) mass is 321 g/mol. The van der Waals surface area contributed by atoms with Crippen molar-refractivity contribution in [1.29, 1.82) is 0 Å². The number of fused-ring (bicyclic) bond motifs is 2. The van der Waals surface area contributed by atoms with Crippen molar-refractivity contribution in [2.75, 3.05) is 19.5 Å². The van der Waals surface area contributed by atoms with E-state index >= 15 is 0 Å². The molecule has 1 aromatic carbocycles. The third kappa shape index (κ3) is 2.72. The van der Waals surface area contributed by atoms with Crippen molar-refractivity contribution in [3.63, 3.8) is 0 Å². The topological polar surface area (TPSA) is 94.1 Å². The van der Waals surface area contributed by atoms with E-state index in [1.54, 1.807) is 18.2 Å². The first-order valence-electron chi connectivity index (χ1n) is 7.46. The summed E-state index contributed by atoms with van der Waals surface area (Å²) in [7, 11) is 3.04.